The van der Waals surface area contributed by atoms with Gasteiger partial charge in [-0.1, -0.05) is 20.8 Å². The largest absolute Gasteiger partial charge is 0.335 e. The van der Waals surface area contributed by atoms with Crippen LogP contribution in [0.15, 0.2) is 18.7 Å². The van der Waals surface area contributed by atoms with E-state index >= 15 is 0 Å². The van der Waals surface area contributed by atoms with Crippen LogP contribution in [0.2, 0.25) is 0 Å². The Morgan fingerprint density at radius 3 is 2.50 bits per heavy atom. The zero-order valence-electron chi connectivity index (χ0n) is 10.3. The van der Waals surface area contributed by atoms with E-state index in [0.29, 0.717) is 9.49 Å². The highest BCUT2D eigenvalue weighted by Crippen LogP contribution is 2.54. The molecule has 0 atom stereocenters. The molecule has 4 heteroatoms. The molecule has 1 aliphatic rings. The van der Waals surface area contributed by atoms with Crippen molar-refractivity contribution < 1.29 is 0 Å². The van der Waals surface area contributed by atoms with Crippen LogP contribution in [0.25, 0.3) is 0 Å². The summed E-state index contributed by atoms with van der Waals surface area (Å²) in [5, 5.41) is 0. The summed E-state index contributed by atoms with van der Waals surface area (Å²) >= 11 is 4.26. The lowest BCUT2D eigenvalue weighted by Gasteiger charge is -2.46. The minimum absolute atomic E-state index is 0.298. The zero-order valence-corrected chi connectivity index (χ0v) is 11.9. The first-order valence-electron chi connectivity index (χ1n) is 5.77. The molecule has 1 saturated heterocycles. The lowest BCUT2D eigenvalue weighted by atomic mass is 9.90. The van der Waals surface area contributed by atoms with Crippen molar-refractivity contribution in [2.75, 3.05) is 11.5 Å². The molecule has 0 spiro atoms. The van der Waals surface area contributed by atoms with Gasteiger partial charge in [0.2, 0.25) is 0 Å². The topological polar surface area (TPSA) is 17.8 Å². The number of rotatable bonds is 2. The van der Waals surface area contributed by atoms with E-state index in [1.807, 2.05) is 12.5 Å². The Balaban J connectivity index is 2.20. The number of thioether (sulfide) groups is 2. The van der Waals surface area contributed by atoms with Crippen molar-refractivity contribution in [3.05, 3.63) is 18.7 Å². The molecule has 2 rings (SSSR count). The average Bonchev–Trinajstić information content (AvgIpc) is 2.70. The molecule has 90 valence electrons. The van der Waals surface area contributed by atoms with Gasteiger partial charge < -0.3 is 4.57 Å². The molecule has 0 aliphatic carbocycles. The Bertz CT molecular complexity index is 321. The summed E-state index contributed by atoms with van der Waals surface area (Å²) < 4.78 is 2.52. The van der Waals surface area contributed by atoms with Crippen LogP contribution in [0.5, 0.6) is 0 Å². The quantitative estimate of drug-likeness (QED) is 0.806. The van der Waals surface area contributed by atoms with Gasteiger partial charge in [-0.2, -0.15) is 0 Å². The van der Waals surface area contributed by atoms with Crippen molar-refractivity contribution in [3.63, 3.8) is 0 Å². The first kappa shape index (κ1) is 12.4. The molecule has 2 nitrogen and oxygen atoms in total. The molecule has 0 saturated carbocycles. The number of nitrogens with zero attached hydrogens (tertiary/aromatic N) is 2. The molecule has 1 aromatic rings. The van der Waals surface area contributed by atoms with Gasteiger partial charge in [-0.3, -0.25) is 0 Å². The van der Waals surface area contributed by atoms with E-state index in [0.717, 1.165) is 6.54 Å². The highest BCUT2D eigenvalue weighted by Gasteiger charge is 2.44. The van der Waals surface area contributed by atoms with E-state index in [2.05, 4.69) is 60.0 Å². The Morgan fingerprint density at radius 1 is 1.31 bits per heavy atom. The maximum absolute atomic E-state index is 4.15. The Kier molecular flexibility index (Phi) is 3.59. The van der Waals surface area contributed by atoms with Gasteiger partial charge in [-0.05, 0) is 23.3 Å². The van der Waals surface area contributed by atoms with Crippen LogP contribution in [0, 0.1) is 5.41 Å². The molecule has 0 amide bonds. The minimum atomic E-state index is 0.298. The highest BCUT2D eigenvalue weighted by atomic mass is 32.2. The van der Waals surface area contributed by atoms with Crippen molar-refractivity contribution in [1.29, 1.82) is 0 Å². The van der Waals surface area contributed by atoms with Gasteiger partial charge in [0.05, 0.1) is 10.4 Å². The summed E-state index contributed by atoms with van der Waals surface area (Å²) in [4.78, 5) is 4.15. The summed E-state index contributed by atoms with van der Waals surface area (Å²) in [6.45, 7) is 8.13. The predicted molar refractivity (Wildman–Crippen MR) is 73.9 cm³/mol. The Labute approximate surface area is 107 Å². The van der Waals surface area contributed by atoms with Crippen LogP contribution >= 0.6 is 23.5 Å². The molecular weight excluding hydrogens is 236 g/mol. The van der Waals surface area contributed by atoms with Gasteiger partial charge in [0.1, 0.15) is 0 Å². The number of hydrogen-bond acceptors (Lipinski definition) is 3. The molecule has 1 fully saturated rings. The highest BCUT2D eigenvalue weighted by molar-refractivity contribution is 8.18. The van der Waals surface area contributed by atoms with E-state index in [1.54, 1.807) is 0 Å². The smallest absolute Gasteiger partial charge is 0.0946 e. The van der Waals surface area contributed by atoms with Gasteiger partial charge in [-0.25, -0.2) is 4.98 Å². The Morgan fingerprint density at radius 2 is 2.00 bits per heavy atom. The number of imidazole rings is 1. The SMILES string of the molecule is CC(C)(C)C1(Cn2ccnc2)SCCCS1. The van der Waals surface area contributed by atoms with E-state index in [4.69, 9.17) is 0 Å². The second kappa shape index (κ2) is 4.65. The first-order valence-corrected chi connectivity index (χ1v) is 7.74. The molecule has 16 heavy (non-hydrogen) atoms. The fraction of sp³-hybridized carbons (Fsp3) is 0.750. The van der Waals surface area contributed by atoms with E-state index in [9.17, 15) is 0 Å². The van der Waals surface area contributed by atoms with E-state index in [1.165, 1.54) is 17.9 Å². The zero-order chi connectivity index (χ0) is 11.6. The molecule has 0 N–H and O–H groups in total. The number of hydrogen-bond donors (Lipinski definition) is 0. The minimum Gasteiger partial charge on any atom is -0.335 e. The maximum atomic E-state index is 4.15. The van der Waals surface area contributed by atoms with Crippen LogP contribution in [-0.2, 0) is 6.54 Å². The standard InChI is InChI=1S/C12H20N2S2/c1-11(2,3)12(15-7-4-8-16-12)9-14-6-5-13-10-14/h5-6,10H,4,7-9H2,1-3H3. The predicted octanol–water partition coefficient (Wildman–Crippen LogP) is 3.50. The summed E-state index contributed by atoms with van der Waals surface area (Å²) in [7, 11) is 0. The van der Waals surface area contributed by atoms with Crippen molar-refractivity contribution in [2.45, 2.75) is 37.8 Å². The van der Waals surface area contributed by atoms with Crippen molar-refractivity contribution >= 4 is 23.5 Å². The van der Waals surface area contributed by atoms with Gasteiger partial charge in [-0.15, -0.1) is 23.5 Å². The molecular formula is C12H20N2S2. The monoisotopic (exact) mass is 256 g/mol. The molecule has 0 radical (unpaired) electrons. The van der Waals surface area contributed by atoms with Crippen molar-refractivity contribution in [3.8, 4) is 0 Å². The third-order valence-corrected chi connectivity index (χ3v) is 7.16. The molecule has 0 aromatic carbocycles. The third kappa shape index (κ3) is 2.43. The summed E-state index contributed by atoms with van der Waals surface area (Å²) in [5.41, 5.74) is 0.313. The molecule has 2 heterocycles. The van der Waals surface area contributed by atoms with Crippen molar-refractivity contribution in [1.82, 2.24) is 9.55 Å². The molecule has 0 bridgehead atoms. The van der Waals surface area contributed by atoms with Gasteiger partial charge >= 0.3 is 0 Å². The fourth-order valence-corrected chi connectivity index (χ4v) is 5.56. The van der Waals surface area contributed by atoms with Crippen LogP contribution in [-0.4, -0.2) is 25.1 Å². The second-order valence-electron chi connectivity index (χ2n) is 5.29. The Hall–Kier alpha value is -0.0900. The van der Waals surface area contributed by atoms with Crippen LogP contribution in [0.4, 0.5) is 0 Å². The van der Waals surface area contributed by atoms with Crippen molar-refractivity contribution in [2.24, 2.45) is 5.41 Å². The normalized spacial score (nSPS) is 20.9. The van der Waals surface area contributed by atoms with Crippen LogP contribution in [0.3, 0.4) is 0 Å². The number of aromatic nitrogens is 2. The van der Waals surface area contributed by atoms with Gasteiger partial charge in [0, 0.05) is 18.9 Å². The third-order valence-electron chi connectivity index (χ3n) is 3.05. The average molecular weight is 256 g/mol. The fourth-order valence-electron chi connectivity index (χ4n) is 1.96. The van der Waals surface area contributed by atoms with Crippen LogP contribution in [0.1, 0.15) is 27.2 Å². The van der Waals surface area contributed by atoms with E-state index in [-0.39, 0.29) is 0 Å². The molecule has 0 unspecified atom stereocenters. The maximum Gasteiger partial charge on any atom is 0.0946 e. The first-order chi connectivity index (χ1) is 7.54. The lowest BCUT2D eigenvalue weighted by Crippen LogP contribution is -2.42. The van der Waals surface area contributed by atoms with Gasteiger partial charge in [0.15, 0.2) is 0 Å². The summed E-state index contributed by atoms with van der Waals surface area (Å²) in [5.74, 6) is 2.58. The van der Waals surface area contributed by atoms with E-state index < -0.39 is 0 Å². The molecule has 1 aliphatic heterocycles. The van der Waals surface area contributed by atoms with Crippen LogP contribution < -0.4 is 0 Å². The lowest BCUT2D eigenvalue weighted by molar-refractivity contribution is 0.335. The van der Waals surface area contributed by atoms with Gasteiger partial charge in [0.25, 0.3) is 0 Å². The molecule has 1 aromatic heterocycles. The second-order valence-corrected chi connectivity index (χ2v) is 8.33. The summed E-state index contributed by atoms with van der Waals surface area (Å²) in [6, 6.07) is 0. The summed E-state index contributed by atoms with van der Waals surface area (Å²) in [6.07, 6.45) is 7.22.